The molecule has 0 bridgehead atoms. The third-order valence-electron chi connectivity index (χ3n) is 6.56. The van der Waals surface area contributed by atoms with E-state index in [2.05, 4.69) is 50.2 Å². The van der Waals surface area contributed by atoms with Gasteiger partial charge >= 0.3 is 0 Å². The summed E-state index contributed by atoms with van der Waals surface area (Å²) in [6, 6.07) is -0.0266. The molecule has 3 unspecified atom stereocenters. The van der Waals surface area contributed by atoms with Crippen LogP contribution in [-0.4, -0.2) is 29.7 Å². The lowest BCUT2D eigenvalue weighted by atomic mass is 9.67. The molecule has 2 N–H and O–H groups in total. The smallest absolute Gasteiger partial charge is 0.249 e. The molecular weight excluding hydrogens is 364 g/mol. The molecule has 3 atom stereocenters. The van der Waals surface area contributed by atoms with Gasteiger partial charge in [-0.1, -0.05) is 37.1 Å². The van der Waals surface area contributed by atoms with Gasteiger partial charge in [-0.3, -0.25) is 9.79 Å². The molecule has 0 spiro atoms. The molecule has 3 nitrogen and oxygen atoms in total. The first-order chi connectivity index (χ1) is 13.5. The number of allylic oxidation sites excluding steroid dienone is 5. The highest BCUT2D eigenvalue weighted by molar-refractivity contribution is 8.00. The predicted molar refractivity (Wildman–Crippen MR) is 122 cm³/mol. The van der Waals surface area contributed by atoms with Gasteiger partial charge in [0.2, 0.25) is 5.91 Å². The minimum Gasteiger partial charge on any atom is -0.366 e. The maximum atomic E-state index is 12.9. The van der Waals surface area contributed by atoms with Gasteiger partial charge in [0.25, 0.3) is 0 Å². The molecule has 0 radical (unpaired) electrons. The number of primary amides is 1. The number of nitrogens with two attached hydrogens (primary N) is 1. The van der Waals surface area contributed by atoms with Gasteiger partial charge in [0.05, 0.1) is 11.3 Å². The molecule has 1 saturated carbocycles. The monoisotopic (exact) mass is 398 g/mol. The summed E-state index contributed by atoms with van der Waals surface area (Å²) < 4.78 is 0. The third-order valence-corrected chi connectivity index (χ3v) is 7.36. The van der Waals surface area contributed by atoms with Gasteiger partial charge in [0.15, 0.2) is 0 Å². The van der Waals surface area contributed by atoms with Crippen LogP contribution in [0.4, 0.5) is 0 Å². The molecule has 0 aromatic rings. The number of aliphatic imine (C=N–C) groups is 1. The lowest BCUT2D eigenvalue weighted by molar-refractivity contribution is -0.114. The maximum absolute atomic E-state index is 12.9. The molecule has 0 aromatic carbocycles. The van der Waals surface area contributed by atoms with Gasteiger partial charge in [0.1, 0.15) is 0 Å². The SMILES string of the molecule is CCC(/C(C1=CC=C(C)CC1)=C(/C(N)=O)C1=CC(SC)C=NC1C)C1CCC1. The molecule has 152 valence electrons. The van der Waals surface area contributed by atoms with Gasteiger partial charge in [-0.2, -0.15) is 11.8 Å². The van der Waals surface area contributed by atoms with Crippen molar-refractivity contribution in [3.8, 4) is 0 Å². The summed E-state index contributed by atoms with van der Waals surface area (Å²) in [6.07, 6.45) is 17.7. The molecule has 3 rings (SSSR count). The minimum absolute atomic E-state index is 0.0266. The normalized spacial score (nSPS) is 27.2. The first-order valence-corrected chi connectivity index (χ1v) is 11.9. The summed E-state index contributed by atoms with van der Waals surface area (Å²) >= 11 is 1.74. The lowest BCUT2D eigenvalue weighted by Gasteiger charge is -2.38. The zero-order chi connectivity index (χ0) is 20.3. The highest BCUT2D eigenvalue weighted by atomic mass is 32.2. The molecular formula is C24H34N2OS. The van der Waals surface area contributed by atoms with Crippen molar-refractivity contribution in [1.29, 1.82) is 0 Å². The molecule has 0 saturated heterocycles. The summed E-state index contributed by atoms with van der Waals surface area (Å²) in [5.41, 5.74) is 11.8. The average molecular weight is 399 g/mol. The van der Waals surface area contributed by atoms with Crippen LogP contribution in [-0.2, 0) is 4.79 Å². The summed E-state index contributed by atoms with van der Waals surface area (Å²) in [5.74, 6) is 0.776. The van der Waals surface area contributed by atoms with Crippen LogP contribution in [0.3, 0.4) is 0 Å². The van der Waals surface area contributed by atoms with Crippen molar-refractivity contribution in [2.75, 3.05) is 6.26 Å². The quantitative estimate of drug-likeness (QED) is 0.584. The Morgan fingerprint density at radius 3 is 2.57 bits per heavy atom. The van der Waals surface area contributed by atoms with Gasteiger partial charge in [0, 0.05) is 11.8 Å². The number of carbonyl (C=O) groups excluding carboxylic acids is 1. The molecule has 1 fully saturated rings. The number of hydrogen-bond donors (Lipinski definition) is 1. The number of dihydropyridines is 1. The Morgan fingerprint density at radius 1 is 1.32 bits per heavy atom. The Hall–Kier alpha value is -1.55. The number of amides is 1. The van der Waals surface area contributed by atoms with Crippen LogP contribution < -0.4 is 5.73 Å². The van der Waals surface area contributed by atoms with Gasteiger partial charge in [-0.05, 0) is 80.8 Å². The van der Waals surface area contributed by atoms with E-state index in [0.29, 0.717) is 11.8 Å². The number of carbonyl (C=O) groups is 1. The van der Waals surface area contributed by atoms with Gasteiger partial charge in [-0.25, -0.2) is 0 Å². The summed E-state index contributed by atoms with van der Waals surface area (Å²) in [5, 5.41) is 0.202. The first kappa shape index (κ1) is 21.2. The van der Waals surface area contributed by atoms with Crippen molar-refractivity contribution in [2.24, 2.45) is 22.6 Å². The Labute approximate surface area is 174 Å². The standard InChI is InChI=1S/C24H34N2OS/c1-5-20(17-7-6-8-17)22(18-11-9-15(2)10-12-18)23(24(25)27)21-13-19(28-4)14-26-16(21)3/h9,11,13-14,16-17,19-20H,5-8,10,12H2,1-4H3,(H2,25,27)/b23-22+. The van der Waals surface area contributed by atoms with E-state index in [0.717, 1.165) is 30.4 Å². The highest BCUT2D eigenvalue weighted by Gasteiger charge is 2.35. The molecule has 1 heterocycles. The Kier molecular flexibility index (Phi) is 7.03. The van der Waals surface area contributed by atoms with E-state index in [1.54, 1.807) is 11.8 Å². The van der Waals surface area contributed by atoms with E-state index in [1.165, 1.54) is 36.0 Å². The van der Waals surface area contributed by atoms with Gasteiger partial charge < -0.3 is 5.73 Å². The van der Waals surface area contributed by atoms with E-state index in [-0.39, 0.29) is 17.2 Å². The van der Waals surface area contributed by atoms with Crippen molar-refractivity contribution in [2.45, 2.75) is 70.6 Å². The number of rotatable bonds is 7. The van der Waals surface area contributed by atoms with Crippen molar-refractivity contribution < 1.29 is 4.79 Å². The highest BCUT2D eigenvalue weighted by Crippen LogP contribution is 2.45. The summed E-state index contributed by atoms with van der Waals surface area (Å²) in [7, 11) is 0. The molecule has 0 aromatic heterocycles. The second-order valence-corrected chi connectivity index (χ2v) is 9.38. The molecule has 4 heteroatoms. The molecule has 28 heavy (non-hydrogen) atoms. The van der Waals surface area contributed by atoms with Crippen LogP contribution >= 0.6 is 11.8 Å². The number of thioether (sulfide) groups is 1. The second-order valence-electron chi connectivity index (χ2n) is 8.36. The summed E-state index contributed by atoms with van der Waals surface area (Å²) in [4.78, 5) is 17.5. The van der Waals surface area contributed by atoms with Crippen molar-refractivity contribution in [1.82, 2.24) is 0 Å². The maximum Gasteiger partial charge on any atom is 0.249 e. The van der Waals surface area contributed by atoms with E-state index in [4.69, 9.17) is 5.73 Å². The zero-order valence-electron chi connectivity index (χ0n) is 17.7. The van der Waals surface area contributed by atoms with Crippen LogP contribution in [0.5, 0.6) is 0 Å². The number of nitrogens with zero attached hydrogens (tertiary/aromatic N) is 1. The summed E-state index contributed by atoms with van der Waals surface area (Å²) in [6.45, 7) is 6.51. The van der Waals surface area contributed by atoms with E-state index in [1.807, 2.05) is 6.21 Å². The van der Waals surface area contributed by atoms with Gasteiger partial charge in [-0.15, -0.1) is 0 Å². The molecule has 3 aliphatic rings. The van der Waals surface area contributed by atoms with Crippen molar-refractivity contribution >= 4 is 23.9 Å². The largest absolute Gasteiger partial charge is 0.366 e. The topological polar surface area (TPSA) is 55.5 Å². The second kappa shape index (κ2) is 9.30. The molecule has 2 aliphatic carbocycles. The van der Waals surface area contributed by atoms with Crippen molar-refractivity contribution in [3.63, 3.8) is 0 Å². The van der Waals surface area contributed by atoms with Crippen LogP contribution in [0.1, 0.15) is 59.3 Å². The van der Waals surface area contributed by atoms with Crippen LogP contribution in [0.2, 0.25) is 0 Å². The lowest BCUT2D eigenvalue weighted by Crippen LogP contribution is -2.31. The van der Waals surface area contributed by atoms with Crippen molar-refractivity contribution in [3.05, 3.63) is 46.1 Å². The fourth-order valence-corrected chi connectivity index (χ4v) is 5.15. The molecule has 1 amide bonds. The number of hydrogen-bond acceptors (Lipinski definition) is 3. The Balaban J connectivity index is 2.19. The molecule has 1 aliphatic heterocycles. The van der Waals surface area contributed by atoms with E-state index < -0.39 is 0 Å². The fraction of sp³-hybridized carbons (Fsp3) is 0.583. The van der Waals surface area contributed by atoms with Crippen LogP contribution in [0, 0.1) is 11.8 Å². The van der Waals surface area contributed by atoms with Crippen LogP contribution in [0.15, 0.2) is 51.1 Å². The van der Waals surface area contributed by atoms with Crippen LogP contribution in [0.25, 0.3) is 0 Å². The Morgan fingerprint density at radius 2 is 2.07 bits per heavy atom. The minimum atomic E-state index is -0.296. The third kappa shape index (κ3) is 4.37. The Bertz CT molecular complexity index is 767. The fourth-order valence-electron chi connectivity index (χ4n) is 4.67. The average Bonchev–Trinajstić information content (AvgIpc) is 2.64. The zero-order valence-corrected chi connectivity index (χ0v) is 18.5. The van der Waals surface area contributed by atoms with E-state index in [9.17, 15) is 4.79 Å². The predicted octanol–water partition coefficient (Wildman–Crippen LogP) is 5.39. The van der Waals surface area contributed by atoms with E-state index >= 15 is 0 Å². The first-order valence-electron chi connectivity index (χ1n) is 10.6.